The third-order valence-corrected chi connectivity index (χ3v) is 2.91. The maximum atomic E-state index is 12.8. The van der Waals surface area contributed by atoms with Crippen molar-refractivity contribution in [3.05, 3.63) is 28.5 Å². The van der Waals surface area contributed by atoms with Crippen molar-refractivity contribution < 1.29 is 9.18 Å². The van der Waals surface area contributed by atoms with Crippen LogP contribution in [0.4, 0.5) is 10.1 Å². The van der Waals surface area contributed by atoms with Crippen molar-refractivity contribution in [3.8, 4) is 0 Å². The zero-order valence-corrected chi connectivity index (χ0v) is 9.05. The summed E-state index contributed by atoms with van der Waals surface area (Å²) in [6.45, 7) is 1.16. The second-order valence-electron chi connectivity index (χ2n) is 3.31. The number of carbonyl (C=O) groups excluding carboxylic acids is 1. The summed E-state index contributed by atoms with van der Waals surface area (Å²) in [5, 5.41) is 0. The monoisotopic (exact) mass is 257 g/mol. The van der Waals surface area contributed by atoms with Crippen LogP contribution in [-0.2, 0) is 4.79 Å². The Kier molecular flexibility index (Phi) is 2.54. The summed E-state index contributed by atoms with van der Waals surface area (Å²) < 4.78 is 13.5. The van der Waals surface area contributed by atoms with Crippen LogP contribution in [0.25, 0.3) is 0 Å². The summed E-state index contributed by atoms with van der Waals surface area (Å²) in [5.41, 5.74) is 0.886. The third kappa shape index (κ3) is 1.80. The summed E-state index contributed by atoms with van der Waals surface area (Å²) in [6, 6.07) is 4.51. The molecule has 0 spiro atoms. The molecule has 14 heavy (non-hydrogen) atoms. The van der Waals surface area contributed by atoms with E-state index in [1.165, 1.54) is 12.1 Å². The lowest BCUT2D eigenvalue weighted by atomic mass is 10.3. The molecule has 1 aromatic carbocycles. The molecular formula is C10H9BrFNO. The largest absolute Gasteiger partial charge is 0.363 e. The lowest BCUT2D eigenvalue weighted by Crippen LogP contribution is -2.19. The predicted molar refractivity (Wildman–Crippen MR) is 55.9 cm³/mol. The fourth-order valence-corrected chi connectivity index (χ4v) is 2.18. The average molecular weight is 258 g/mol. The second kappa shape index (κ2) is 3.69. The van der Waals surface area contributed by atoms with Crippen molar-refractivity contribution in [2.24, 2.45) is 0 Å². The molecule has 4 heteroatoms. The van der Waals surface area contributed by atoms with Crippen LogP contribution in [0.5, 0.6) is 0 Å². The molecule has 0 atom stereocenters. The van der Waals surface area contributed by atoms with Gasteiger partial charge in [0.15, 0.2) is 5.78 Å². The van der Waals surface area contributed by atoms with Crippen LogP contribution in [0.1, 0.15) is 6.42 Å². The zero-order valence-electron chi connectivity index (χ0n) is 7.46. The highest BCUT2D eigenvalue weighted by Crippen LogP contribution is 2.28. The zero-order chi connectivity index (χ0) is 10.1. The Morgan fingerprint density at radius 2 is 2.21 bits per heavy atom. The Balaban J connectivity index is 2.28. The van der Waals surface area contributed by atoms with Crippen LogP contribution in [0.2, 0.25) is 0 Å². The predicted octanol–water partition coefficient (Wildman–Crippen LogP) is 2.37. The summed E-state index contributed by atoms with van der Waals surface area (Å²) in [4.78, 5) is 13.0. The third-order valence-electron chi connectivity index (χ3n) is 2.28. The number of halogens is 2. The smallest absolute Gasteiger partial charge is 0.153 e. The Morgan fingerprint density at radius 3 is 2.79 bits per heavy atom. The first-order valence-corrected chi connectivity index (χ1v) is 5.18. The molecule has 1 aliphatic rings. The molecule has 1 heterocycles. The van der Waals surface area contributed by atoms with Crippen LogP contribution >= 0.6 is 15.9 Å². The standard InChI is InChI=1S/C10H9BrFNO/c11-9-5-7(12)1-2-10(9)13-4-3-8(14)6-13/h1-2,5H,3-4,6H2. The summed E-state index contributed by atoms with van der Waals surface area (Å²) in [7, 11) is 0. The van der Waals surface area contributed by atoms with Gasteiger partial charge in [0.05, 0.1) is 12.2 Å². The number of rotatable bonds is 1. The summed E-state index contributed by atoms with van der Waals surface area (Å²) >= 11 is 3.28. The van der Waals surface area contributed by atoms with E-state index in [2.05, 4.69) is 15.9 Å². The quantitative estimate of drug-likeness (QED) is 0.770. The molecular weight excluding hydrogens is 249 g/mol. The van der Waals surface area contributed by atoms with Crippen molar-refractivity contribution in [2.75, 3.05) is 18.0 Å². The van der Waals surface area contributed by atoms with Crippen molar-refractivity contribution in [1.29, 1.82) is 0 Å². The van der Waals surface area contributed by atoms with Gasteiger partial charge in [-0.05, 0) is 34.1 Å². The molecule has 1 fully saturated rings. The number of hydrogen-bond acceptors (Lipinski definition) is 2. The van der Waals surface area contributed by atoms with E-state index in [0.717, 1.165) is 12.2 Å². The minimum Gasteiger partial charge on any atom is -0.363 e. The normalized spacial score (nSPS) is 16.4. The molecule has 74 valence electrons. The van der Waals surface area contributed by atoms with E-state index < -0.39 is 0 Å². The molecule has 2 nitrogen and oxygen atoms in total. The van der Waals surface area contributed by atoms with Gasteiger partial charge in [0, 0.05) is 17.4 Å². The first kappa shape index (κ1) is 9.65. The first-order chi connectivity index (χ1) is 6.66. The van der Waals surface area contributed by atoms with Crippen LogP contribution in [0, 0.1) is 5.82 Å². The fraction of sp³-hybridized carbons (Fsp3) is 0.300. The molecule has 0 amide bonds. The minimum absolute atomic E-state index is 0.237. The van der Waals surface area contributed by atoms with E-state index in [1.807, 2.05) is 4.90 Å². The number of hydrogen-bond donors (Lipinski definition) is 0. The van der Waals surface area contributed by atoms with E-state index in [-0.39, 0.29) is 11.6 Å². The first-order valence-electron chi connectivity index (χ1n) is 4.38. The van der Waals surface area contributed by atoms with Crippen molar-refractivity contribution in [2.45, 2.75) is 6.42 Å². The van der Waals surface area contributed by atoms with Gasteiger partial charge in [-0.1, -0.05) is 0 Å². The highest BCUT2D eigenvalue weighted by atomic mass is 79.9. The number of anilines is 1. The Morgan fingerprint density at radius 1 is 1.43 bits per heavy atom. The van der Waals surface area contributed by atoms with Crippen LogP contribution in [-0.4, -0.2) is 18.9 Å². The fourth-order valence-electron chi connectivity index (χ4n) is 1.57. The second-order valence-corrected chi connectivity index (χ2v) is 4.16. The molecule has 0 radical (unpaired) electrons. The van der Waals surface area contributed by atoms with Gasteiger partial charge in [0.25, 0.3) is 0 Å². The lowest BCUT2D eigenvalue weighted by Gasteiger charge is -2.17. The Labute approximate surface area is 89.8 Å². The number of ketones is 1. The lowest BCUT2D eigenvalue weighted by molar-refractivity contribution is -0.116. The Bertz CT molecular complexity index is 380. The maximum Gasteiger partial charge on any atom is 0.153 e. The van der Waals surface area contributed by atoms with Gasteiger partial charge in [-0.15, -0.1) is 0 Å². The van der Waals surface area contributed by atoms with Gasteiger partial charge >= 0.3 is 0 Å². The molecule has 0 aromatic heterocycles. The van der Waals surface area contributed by atoms with Gasteiger partial charge in [-0.2, -0.15) is 0 Å². The van der Waals surface area contributed by atoms with Crippen molar-refractivity contribution >= 4 is 27.4 Å². The molecule has 0 N–H and O–H groups in total. The number of carbonyl (C=O) groups is 1. The molecule has 0 saturated carbocycles. The topological polar surface area (TPSA) is 20.3 Å². The van der Waals surface area contributed by atoms with E-state index in [4.69, 9.17) is 0 Å². The van der Waals surface area contributed by atoms with Crippen molar-refractivity contribution in [1.82, 2.24) is 0 Å². The molecule has 2 rings (SSSR count). The molecule has 1 saturated heterocycles. The minimum atomic E-state index is -0.272. The van der Waals surface area contributed by atoms with Crippen LogP contribution < -0.4 is 4.90 Å². The van der Waals surface area contributed by atoms with Gasteiger partial charge in [0.2, 0.25) is 0 Å². The number of Topliss-reactive ketones (excluding diaryl/α,β-unsaturated/α-hetero) is 1. The summed E-state index contributed by atoms with van der Waals surface area (Å²) in [6.07, 6.45) is 0.587. The van der Waals surface area contributed by atoms with Gasteiger partial charge in [-0.3, -0.25) is 4.79 Å². The number of nitrogens with zero attached hydrogens (tertiary/aromatic N) is 1. The highest BCUT2D eigenvalue weighted by molar-refractivity contribution is 9.10. The average Bonchev–Trinajstić information content (AvgIpc) is 2.51. The molecule has 0 unspecified atom stereocenters. The SMILES string of the molecule is O=C1CCN(c2ccc(F)cc2Br)C1. The highest BCUT2D eigenvalue weighted by Gasteiger charge is 2.21. The maximum absolute atomic E-state index is 12.8. The van der Waals surface area contributed by atoms with Gasteiger partial charge in [-0.25, -0.2) is 4.39 Å². The van der Waals surface area contributed by atoms with E-state index >= 15 is 0 Å². The van der Waals surface area contributed by atoms with Gasteiger partial charge < -0.3 is 4.90 Å². The number of benzene rings is 1. The molecule has 1 aliphatic heterocycles. The molecule has 0 aliphatic carbocycles. The van der Waals surface area contributed by atoms with E-state index in [0.29, 0.717) is 17.4 Å². The molecule has 0 bridgehead atoms. The molecule has 1 aromatic rings. The van der Waals surface area contributed by atoms with Crippen LogP contribution in [0.15, 0.2) is 22.7 Å². The van der Waals surface area contributed by atoms with E-state index in [1.54, 1.807) is 6.07 Å². The Hall–Kier alpha value is -0.900. The van der Waals surface area contributed by atoms with E-state index in [9.17, 15) is 9.18 Å². The summed E-state index contributed by atoms with van der Waals surface area (Å²) in [5.74, 6) is -0.0348. The van der Waals surface area contributed by atoms with Gasteiger partial charge in [0.1, 0.15) is 5.82 Å². The van der Waals surface area contributed by atoms with Crippen LogP contribution in [0.3, 0.4) is 0 Å². The van der Waals surface area contributed by atoms with Crippen molar-refractivity contribution in [3.63, 3.8) is 0 Å².